The molecule has 1 aromatic heterocycles. The maximum absolute atomic E-state index is 12.1. The van der Waals surface area contributed by atoms with E-state index in [4.69, 9.17) is 18.0 Å². The van der Waals surface area contributed by atoms with Crippen molar-refractivity contribution in [3.05, 3.63) is 16.3 Å². The van der Waals surface area contributed by atoms with Crippen molar-refractivity contribution in [1.29, 1.82) is 0 Å². The molecule has 106 valence electrons. The van der Waals surface area contributed by atoms with E-state index in [2.05, 4.69) is 5.10 Å². The summed E-state index contributed by atoms with van der Waals surface area (Å²) in [6.45, 7) is 5.53. The van der Waals surface area contributed by atoms with E-state index >= 15 is 0 Å². The molecule has 0 bridgehead atoms. The molecule has 5 nitrogen and oxygen atoms in total. The summed E-state index contributed by atoms with van der Waals surface area (Å²) in [5, 5.41) is 4.42. The first-order valence-electron chi connectivity index (χ1n) is 6.88. The Hall–Kier alpha value is -1.17. The standard InChI is InChI=1S/C13H22N4OS/c1-13(2,11(14)19)7-5-9-17-12(18)16-8-4-3-6-10(16)15-17/h3-9H2,1-2H3,(H2,14,19). The molecule has 1 aromatic rings. The first-order chi connectivity index (χ1) is 8.92. The van der Waals surface area contributed by atoms with Crippen LogP contribution < -0.4 is 11.4 Å². The molecule has 0 amide bonds. The number of rotatable bonds is 5. The Morgan fingerprint density at radius 1 is 1.47 bits per heavy atom. The van der Waals surface area contributed by atoms with E-state index in [0.29, 0.717) is 11.5 Å². The van der Waals surface area contributed by atoms with Crippen LogP contribution in [-0.2, 0) is 19.5 Å². The third-order valence-corrected chi connectivity index (χ3v) is 4.42. The number of nitrogens with zero attached hydrogens (tertiary/aromatic N) is 3. The third kappa shape index (κ3) is 3.05. The van der Waals surface area contributed by atoms with E-state index in [-0.39, 0.29) is 11.1 Å². The van der Waals surface area contributed by atoms with E-state index in [9.17, 15) is 4.79 Å². The molecular formula is C13H22N4OS. The summed E-state index contributed by atoms with van der Waals surface area (Å²) in [6.07, 6.45) is 4.86. The molecular weight excluding hydrogens is 260 g/mol. The zero-order valence-electron chi connectivity index (χ0n) is 11.7. The quantitative estimate of drug-likeness (QED) is 0.831. The largest absolute Gasteiger partial charge is 0.393 e. The van der Waals surface area contributed by atoms with Gasteiger partial charge >= 0.3 is 5.69 Å². The van der Waals surface area contributed by atoms with Crippen LogP contribution in [0.4, 0.5) is 0 Å². The highest BCUT2D eigenvalue weighted by Crippen LogP contribution is 2.22. The fraction of sp³-hybridized carbons (Fsp3) is 0.769. The Kier molecular flexibility index (Phi) is 4.08. The van der Waals surface area contributed by atoms with Gasteiger partial charge in [-0.1, -0.05) is 26.1 Å². The molecule has 2 heterocycles. The molecule has 0 atom stereocenters. The molecule has 0 aliphatic carbocycles. The molecule has 0 fully saturated rings. The lowest BCUT2D eigenvalue weighted by Crippen LogP contribution is -2.31. The molecule has 6 heteroatoms. The van der Waals surface area contributed by atoms with Gasteiger partial charge in [-0.25, -0.2) is 9.48 Å². The monoisotopic (exact) mass is 282 g/mol. The summed E-state index contributed by atoms with van der Waals surface area (Å²) in [6, 6.07) is 0. The minimum atomic E-state index is -0.154. The van der Waals surface area contributed by atoms with Crippen LogP contribution in [0.1, 0.15) is 45.4 Å². The summed E-state index contributed by atoms with van der Waals surface area (Å²) in [7, 11) is 0. The van der Waals surface area contributed by atoms with Crippen molar-refractivity contribution in [2.75, 3.05) is 0 Å². The zero-order valence-corrected chi connectivity index (χ0v) is 12.5. The molecule has 19 heavy (non-hydrogen) atoms. The van der Waals surface area contributed by atoms with E-state index in [0.717, 1.165) is 44.5 Å². The van der Waals surface area contributed by atoms with Gasteiger partial charge in [0, 0.05) is 24.9 Å². The normalized spacial score (nSPS) is 15.3. The summed E-state index contributed by atoms with van der Waals surface area (Å²) in [5.41, 5.74) is 5.58. The van der Waals surface area contributed by atoms with Crippen LogP contribution >= 0.6 is 12.2 Å². The number of hydrogen-bond acceptors (Lipinski definition) is 3. The van der Waals surface area contributed by atoms with Crippen LogP contribution in [0.5, 0.6) is 0 Å². The number of nitrogens with two attached hydrogens (primary N) is 1. The van der Waals surface area contributed by atoms with Crippen molar-refractivity contribution in [2.24, 2.45) is 11.1 Å². The Morgan fingerprint density at radius 2 is 2.21 bits per heavy atom. The van der Waals surface area contributed by atoms with Crippen LogP contribution in [0.15, 0.2) is 4.79 Å². The minimum Gasteiger partial charge on any atom is -0.393 e. The second kappa shape index (κ2) is 5.45. The van der Waals surface area contributed by atoms with Crippen LogP contribution in [0, 0.1) is 5.41 Å². The molecule has 0 saturated heterocycles. The predicted octanol–water partition coefficient (Wildman–Crippen LogP) is 1.47. The topological polar surface area (TPSA) is 65.8 Å². The van der Waals surface area contributed by atoms with E-state index in [1.54, 1.807) is 4.68 Å². The highest BCUT2D eigenvalue weighted by Gasteiger charge is 2.21. The summed E-state index contributed by atoms with van der Waals surface area (Å²) >= 11 is 5.05. The molecule has 0 saturated carbocycles. The fourth-order valence-corrected chi connectivity index (χ4v) is 2.49. The third-order valence-electron chi connectivity index (χ3n) is 3.87. The van der Waals surface area contributed by atoms with Gasteiger partial charge < -0.3 is 5.73 Å². The highest BCUT2D eigenvalue weighted by atomic mass is 32.1. The average molecular weight is 282 g/mol. The van der Waals surface area contributed by atoms with E-state index in [1.165, 1.54) is 0 Å². The van der Waals surface area contributed by atoms with Gasteiger partial charge in [0.15, 0.2) is 0 Å². The number of hydrogen-bond donors (Lipinski definition) is 1. The maximum Gasteiger partial charge on any atom is 0.345 e. The lowest BCUT2D eigenvalue weighted by molar-refractivity contribution is 0.420. The smallest absolute Gasteiger partial charge is 0.345 e. The fourth-order valence-electron chi connectivity index (χ4n) is 2.39. The lowest BCUT2D eigenvalue weighted by atomic mass is 9.88. The summed E-state index contributed by atoms with van der Waals surface area (Å²) < 4.78 is 3.40. The van der Waals surface area contributed by atoms with Gasteiger partial charge in [-0.05, 0) is 25.7 Å². The van der Waals surface area contributed by atoms with Gasteiger partial charge in [-0.15, -0.1) is 0 Å². The molecule has 0 spiro atoms. The van der Waals surface area contributed by atoms with Crippen molar-refractivity contribution >= 4 is 17.2 Å². The Labute approximate surface area is 118 Å². The van der Waals surface area contributed by atoms with Crippen LogP contribution in [0.25, 0.3) is 0 Å². The van der Waals surface area contributed by atoms with Gasteiger partial charge in [-0.2, -0.15) is 5.10 Å². The maximum atomic E-state index is 12.1. The van der Waals surface area contributed by atoms with Crippen molar-refractivity contribution in [3.8, 4) is 0 Å². The second-order valence-electron chi connectivity index (χ2n) is 5.88. The Bertz CT molecular complexity index is 529. The van der Waals surface area contributed by atoms with Gasteiger partial charge in [0.1, 0.15) is 5.82 Å². The minimum absolute atomic E-state index is 0.0304. The first kappa shape index (κ1) is 14.2. The zero-order chi connectivity index (χ0) is 14.0. The predicted molar refractivity (Wildman–Crippen MR) is 79.2 cm³/mol. The summed E-state index contributed by atoms with van der Waals surface area (Å²) in [5.74, 6) is 0.935. The van der Waals surface area contributed by atoms with E-state index < -0.39 is 0 Å². The van der Waals surface area contributed by atoms with Crippen LogP contribution in [-0.4, -0.2) is 19.3 Å². The van der Waals surface area contributed by atoms with Crippen LogP contribution in [0.3, 0.4) is 0 Å². The lowest BCUT2D eigenvalue weighted by Gasteiger charge is -2.22. The molecule has 1 aliphatic heterocycles. The Morgan fingerprint density at radius 3 is 2.84 bits per heavy atom. The molecule has 0 aromatic carbocycles. The molecule has 1 aliphatic rings. The molecule has 0 unspecified atom stereocenters. The second-order valence-corrected chi connectivity index (χ2v) is 6.32. The highest BCUT2D eigenvalue weighted by molar-refractivity contribution is 7.80. The van der Waals surface area contributed by atoms with Gasteiger partial charge in [0.2, 0.25) is 0 Å². The van der Waals surface area contributed by atoms with E-state index in [1.807, 2.05) is 18.4 Å². The molecule has 2 rings (SSSR count). The van der Waals surface area contributed by atoms with Crippen molar-refractivity contribution in [2.45, 2.75) is 59.0 Å². The number of aromatic nitrogens is 3. The first-order valence-corrected chi connectivity index (χ1v) is 7.29. The van der Waals surface area contributed by atoms with Crippen molar-refractivity contribution in [1.82, 2.24) is 14.3 Å². The Balaban J connectivity index is 1.99. The molecule has 0 radical (unpaired) electrons. The van der Waals surface area contributed by atoms with Crippen molar-refractivity contribution < 1.29 is 0 Å². The van der Waals surface area contributed by atoms with Gasteiger partial charge in [0.05, 0.1) is 4.99 Å². The molecule has 2 N–H and O–H groups in total. The van der Waals surface area contributed by atoms with Gasteiger partial charge in [0.25, 0.3) is 0 Å². The number of aryl methyl sites for hydroxylation is 2. The van der Waals surface area contributed by atoms with Crippen LogP contribution in [0.2, 0.25) is 0 Å². The summed E-state index contributed by atoms with van der Waals surface area (Å²) in [4.78, 5) is 12.6. The SMILES string of the molecule is CC(C)(CCCn1nc2n(c1=O)CCCC2)C(N)=S. The average Bonchev–Trinajstić information content (AvgIpc) is 2.67. The van der Waals surface area contributed by atoms with Gasteiger partial charge in [-0.3, -0.25) is 4.57 Å². The van der Waals surface area contributed by atoms with Crippen molar-refractivity contribution in [3.63, 3.8) is 0 Å². The number of fused-ring (bicyclic) bond motifs is 1. The number of thiocarbonyl (C=S) groups is 1.